The molecule has 21 heavy (non-hydrogen) atoms. The molecular weight excluding hydrogens is 258 g/mol. The molecule has 0 radical (unpaired) electrons. The maximum atomic E-state index is 6.71. The molecule has 3 rings (SSSR count). The second-order valence-corrected chi connectivity index (χ2v) is 6.17. The molecule has 1 aromatic heterocycles. The topological polar surface area (TPSA) is 43.8 Å². The number of aromatic nitrogens is 2. The molecule has 1 atom stereocenters. The van der Waals surface area contributed by atoms with Gasteiger partial charge in [-0.25, -0.2) is 4.98 Å². The molecule has 1 saturated carbocycles. The van der Waals surface area contributed by atoms with Crippen molar-refractivity contribution in [2.45, 2.75) is 57.0 Å². The van der Waals surface area contributed by atoms with Gasteiger partial charge in [0.05, 0.1) is 0 Å². The van der Waals surface area contributed by atoms with Crippen LogP contribution in [-0.4, -0.2) is 15.6 Å². The number of imidazole rings is 1. The molecule has 3 nitrogen and oxygen atoms in total. The maximum Gasteiger partial charge on any atom is 0.110 e. The second-order valence-electron chi connectivity index (χ2n) is 6.17. The Hall–Kier alpha value is -1.61. The SMILES string of the molecule is CCn1ccnc1CC(N)C1(c2ccccc2)CCCC1. The summed E-state index contributed by atoms with van der Waals surface area (Å²) in [5.41, 5.74) is 8.25. The Kier molecular flexibility index (Phi) is 4.11. The van der Waals surface area contributed by atoms with Gasteiger partial charge < -0.3 is 10.3 Å². The minimum absolute atomic E-state index is 0.131. The van der Waals surface area contributed by atoms with E-state index in [1.165, 1.54) is 31.2 Å². The molecule has 0 amide bonds. The molecule has 3 heteroatoms. The van der Waals surface area contributed by atoms with Gasteiger partial charge in [0.15, 0.2) is 0 Å². The lowest BCUT2D eigenvalue weighted by molar-refractivity contribution is 0.340. The Balaban J connectivity index is 1.88. The summed E-state index contributed by atoms with van der Waals surface area (Å²) in [6.07, 6.45) is 9.75. The molecule has 2 aromatic rings. The third-order valence-electron chi connectivity index (χ3n) is 5.10. The van der Waals surface area contributed by atoms with E-state index in [-0.39, 0.29) is 11.5 Å². The van der Waals surface area contributed by atoms with Crippen LogP contribution < -0.4 is 5.73 Å². The van der Waals surface area contributed by atoms with Crippen LogP contribution in [0.3, 0.4) is 0 Å². The average Bonchev–Trinajstić information content (AvgIpc) is 3.17. The van der Waals surface area contributed by atoms with Crippen LogP contribution in [0, 0.1) is 0 Å². The predicted molar refractivity (Wildman–Crippen MR) is 86.2 cm³/mol. The summed E-state index contributed by atoms with van der Waals surface area (Å²) in [7, 11) is 0. The summed E-state index contributed by atoms with van der Waals surface area (Å²) in [6.45, 7) is 3.11. The Morgan fingerprint density at radius 1 is 1.24 bits per heavy atom. The van der Waals surface area contributed by atoms with E-state index >= 15 is 0 Å². The lowest BCUT2D eigenvalue weighted by Crippen LogP contribution is -2.45. The summed E-state index contributed by atoms with van der Waals surface area (Å²) < 4.78 is 2.20. The van der Waals surface area contributed by atoms with E-state index < -0.39 is 0 Å². The van der Waals surface area contributed by atoms with Crippen LogP contribution in [0.1, 0.15) is 44.0 Å². The number of hydrogen-bond donors (Lipinski definition) is 1. The van der Waals surface area contributed by atoms with Crippen molar-refractivity contribution in [3.05, 3.63) is 54.1 Å². The summed E-state index contributed by atoms with van der Waals surface area (Å²) in [5, 5.41) is 0. The maximum absolute atomic E-state index is 6.71. The molecular formula is C18H25N3. The normalized spacial score (nSPS) is 18.8. The molecule has 1 heterocycles. The van der Waals surface area contributed by atoms with Gasteiger partial charge in [-0.3, -0.25) is 0 Å². The smallest absolute Gasteiger partial charge is 0.110 e. The zero-order valence-electron chi connectivity index (χ0n) is 12.8. The standard InChI is InChI=1S/C18H25N3/c1-2-21-13-12-20-17(21)14-16(19)18(10-6-7-11-18)15-8-4-3-5-9-15/h3-5,8-9,12-13,16H,2,6-7,10-11,14,19H2,1H3. The van der Waals surface area contributed by atoms with Gasteiger partial charge >= 0.3 is 0 Å². The van der Waals surface area contributed by atoms with Gasteiger partial charge in [-0.2, -0.15) is 0 Å². The highest BCUT2D eigenvalue weighted by molar-refractivity contribution is 5.29. The first-order valence-electron chi connectivity index (χ1n) is 8.07. The highest BCUT2D eigenvalue weighted by Gasteiger charge is 2.41. The highest BCUT2D eigenvalue weighted by atomic mass is 15.1. The number of nitrogens with zero attached hydrogens (tertiary/aromatic N) is 2. The molecule has 1 aliphatic carbocycles. The minimum Gasteiger partial charge on any atom is -0.335 e. The van der Waals surface area contributed by atoms with Crippen molar-refractivity contribution in [3.8, 4) is 0 Å². The van der Waals surface area contributed by atoms with E-state index in [2.05, 4.69) is 46.8 Å². The molecule has 1 aromatic carbocycles. The zero-order chi connectivity index (χ0) is 14.7. The third kappa shape index (κ3) is 2.62. The quantitative estimate of drug-likeness (QED) is 0.915. The van der Waals surface area contributed by atoms with Crippen molar-refractivity contribution in [1.82, 2.24) is 9.55 Å². The first kappa shape index (κ1) is 14.3. The van der Waals surface area contributed by atoms with Crippen molar-refractivity contribution in [2.24, 2.45) is 5.73 Å². The van der Waals surface area contributed by atoms with E-state index in [0.29, 0.717) is 0 Å². The van der Waals surface area contributed by atoms with Crippen molar-refractivity contribution < 1.29 is 0 Å². The minimum atomic E-state index is 0.131. The monoisotopic (exact) mass is 283 g/mol. The van der Waals surface area contributed by atoms with Crippen molar-refractivity contribution >= 4 is 0 Å². The fourth-order valence-electron chi connectivity index (χ4n) is 3.86. The fourth-order valence-corrected chi connectivity index (χ4v) is 3.86. The number of aryl methyl sites for hydroxylation is 1. The van der Waals surface area contributed by atoms with Crippen molar-refractivity contribution in [3.63, 3.8) is 0 Å². The molecule has 1 unspecified atom stereocenters. The Morgan fingerprint density at radius 2 is 1.95 bits per heavy atom. The van der Waals surface area contributed by atoms with Gasteiger partial charge in [-0.15, -0.1) is 0 Å². The van der Waals surface area contributed by atoms with E-state index in [4.69, 9.17) is 5.73 Å². The first-order valence-corrected chi connectivity index (χ1v) is 8.07. The molecule has 2 N–H and O–H groups in total. The third-order valence-corrected chi connectivity index (χ3v) is 5.10. The molecule has 0 bridgehead atoms. The summed E-state index contributed by atoms with van der Waals surface area (Å²) in [5.74, 6) is 1.12. The van der Waals surface area contributed by atoms with E-state index in [9.17, 15) is 0 Å². The molecule has 0 saturated heterocycles. The number of nitrogens with two attached hydrogens (primary N) is 1. The van der Waals surface area contributed by atoms with Gasteiger partial charge in [0, 0.05) is 36.8 Å². The van der Waals surface area contributed by atoms with Crippen molar-refractivity contribution in [2.75, 3.05) is 0 Å². The van der Waals surface area contributed by atoms with E-state index in [1.54, 1.807) is 0 Å². The van der Waals surface area contributed by atoms with E-state index in [0.717, 1.165) is 18.8 Å². The van der Waals surface area contributed by atoms with Crippen molar-refractivity contribution in [1.29, 1.82) is 0 Å². The number of hydrogen-bond acceptors (Lipinski definition) is 2. The summed E-state index contributed by atoms with van der Waals surface area (Å²) in [4.78, 5) is 4.51. The molecule has 0 spiro atoms. The van der Waals surface area contributed by atoms with E-state index in [1.807, 2.05) is 12.4 Å². The van der Waals surface area contributed by atoms with Gasteiger partial charge in [0.2, 0.25) is 0 Å². The first-order chi connectivity index (χ1) is 10.3. The lowest BCUT2D eigenvalue weighted by atomic mass is 9.72. The number of benzene rings is 1. The molecule has 1 aliphatic rings. The van der Waals surface area contributed by atoms with Crippen LogP contribution in [0.25, 0.3) is 0 Å². The molecule has 1 fully saturated rings. The van der Waals surface area contributed by atoms with Crippen LogP contribution in [0.5, 0.6) is 0 Å². The average molecular weight is 283 g/mol. The molecule has 112 valence electrons. The molecule has 0 aliphatic heterocycles. The van der Waals surface area contributed by atoms with Crippen LogP contribution in [-0.2, 0) is 18.4 Å². The van der Waals surface area contributed by atoms with Gasteiger partial charge in [0.25, 0.3) is 0 Å². The predicted octanol–water partition coefficient (Wildman–Crippen LogP) is 3.28. The van der Waals surface area contributed by atoms with Crippen LogP contribution in [0.15, 0.2) is 42.7 Å². The summed E-state index contributed by atoms with van der Waals surface area (Å²) >= 11 is 0. The summed E-state index contributed by atoms with van der Waals surface area (Å²) in [6, 6.07) is 11.0. The van der Waals surface area contributed by atoms with Crippen LogP contribution in [0.4, 0.5) is 0 Å². The van der Waals surface area contributed by atoms with Gasteiger partial charge in [0.1, 0.15) is 5.82 Å². The van der Waals surface area contributed by atoms with Gasteiger partial charge in [-0.1, -0.05) is 43.2 Å². The largest absolute Gasteiger partial charge is 0.335 e. The van der Waals surface area contributed by atoms with Crippen LogP contribution >= 0.6 is 0 Å². The lowest BCUT2D eigenvalue weighted by Gasteiger charge is -2.36. The fraction of sp³-hybridized carbons (Fsp3) is 0.500. The Labute approximate surface area is 127 Å². The van der Waals surface area contributed by atoms with Gasteiger partial charge in [-0.05, 0) is 25.3 Å². The Morgan fingerprint density at radius 3 is 2.62 bits per heavy atom. The second kappa shape index (κ2) is 6.02. The zero-order valence-corrected chi connectivity index (χ0v) is 12.8. The Bertz CT molecular complexity index is 567. The van der Waals surface area contributed by atoms with Crippen LogP contribution in [0.2, 0.25) is 0 Å². The number of rotatable bonds is 5. The highest BCUT2D eigenvalue weighted by Crippen LogP contribution is 2.43.